The van der Waals surface area contributed by atoms with Crippen molar-refractivity contribution in [3.05, 3.63) is 12.2 Å². The first-order valence-corrected chi connectivity index (χ1v) is 6.00. The van der Waals surface area contributed by atoms with E-state index in [1.54, 1.807) is 13.8 Å². The van der Waals surface area contributed by atoms with E-state index in [-0.39, 0.29) is 19.1 Å². The monoisotopic (exact) mass is 240 g/mol. The summed E-state index contributed by atoms with van der Waals surface area (Å²) in [7, 11) is 0. The van der Waals surface area contributed by atoms with Crippen molar-refractivity contribution in [1.29, 1.82) is 0 Å². The van der Waals surface area contributed by atoms with Gasteiger partial charge in [-0.1, -0.05) is 19.1 Å². The van der Waals surface area contributed by atoms with Crippen LogP contribution in [0.3, 0.4) is 0 Å². The lowest BCUT2D eigenvalue weighted by Gasteiger charge is -2.23. The van der Waals surface area contributed by atoms with E-state index in [9.17, 15) is 9.59 Å². The second-order valence-electron chi connectivity index (χ2n) is 4.46. The Kier molecular flexibility index (Phi) is 4.32. The van der Waals surface area contributed by atoms with E-state index < -0.39 is 17.4 Å². The van der Waals surface area contributed by atoms with Crippen LogP contribution in [0.4, 0.5) is 0 Å². The molecule has 0 spiro atoms. The summed E-state index contributed by atoms with van der Waals surface area (Å²) in [4.78, 5) is 24.0. The molecule has 0 aliphatic heterocycles. The molecular formula is C13H20O4. The van der Waals surface area contributed by atoms with Crippen molar-refractivity contribution < 1.29 is 19.1 Å². The second-order valence-corrected chi connectivity index (χ2v) is 4.46. The van der Waals surface area contributed by atoms with Gasteiger partial charge >= 0.3 is 11.9 Å². The molecule has 96 valence electrons. The van der Waals surface area contributed by atoms with E-state index in [2.05, 4.69) is 6.58 Å². The van der Waals surface area contributed by atoms with Crippen LogP contribution < -0.4 is 0 Å². The Morgan fingerprint density at radius 2 is 1.76 bits per heavy atom. The van der Waals surface area contributed by atoms with Gasteiger partial charge in [0.05, 0.1) is 13.2 Å². The maximum Gasteiger partial charge on any atom is 0.323 e. The summed E-state index contributed by atoms with van der Waals surface area (Å²) in [6.07, 6.45) is 0.773. The van der Waals surface area contributed by atoms with Crippen LogP contribution in [0.15, 0.2) is 12.2 Å². The average molecular weight is 240 g/mol. The Hall–Kier alpha value is -1.32. The molecule has 0 aromatic carbocycles. The number of esters is 2. The van der Waals surface area contributed by atoms with Gasteiger partial charge in [-0.05, 0) is 32.6 Å². The summed E-state index contributed by atoms with van der Waals surface area (Å²) >= 11 is 0. The lowest BCUT2D eigenvalue weighted by molar-refractivity contribution is -0.171. The highest BCUT2D eigenvalue weighted by Gasteiger charge is 2.54. The zero-order valence-corrected chi connectivity index (χ0v) is 10.7. The molecule has 4 nitrogen and oxygen atoms in total. The third-order valence-corrected chi connectivity index (χ3v) is 3.21. The van der Waals surface area contributed by atoms with Crippen LogP contribution in [0.1, 0.15) is 33.6 Å². The van der Waals surface area contributed by atoms with Crippen LogP contribution in [0, 0.1) is 11.3 Å². The van der Waals surface area contributed by atoms with Gasteiger partial charge < -0.3 is 9.47 Å². The highest BCUT2D eigenvalue weighted by molar-refractivity contribution is 6.01. The highest BCUT2D eigenvalue weighted by Crippen LogP contribution is 2.46. The summed E-state index contributed by atoms with van der Waals surface area (Å²) < 4.78 is 10.0. The quantitative estimate of drug-likeness (QED) is 0.429. The van der Waals surface area contributed by atoms with Gasteiger partial charge in [0.25, 0.3) is 0 Å². The molecule has 0 saturated heterocycles. The third kappa shape index (κ3) is 2.51. The molecule has 4 heteroatoms. The van der Waals surface area contributed by atoms with Crippen molar-refractivity contribution in [3.8, 4) is 0 Å². The fraction of sp³-hybridized carbons (Fsp3) is 0.692. The minimum atomic E-state index is -1.16. The Balaban J connectivity index is 2.98. The molecular weight excluding hydrogens is 220 g/mol. The topological polar surface area (TPSA) is 52.6 Å². The number of rotatable bonds is 4. The van der Waals surface area contributed by atoms with E-state index in [0.717, 1.165) is 5.57 Å². The molecule has 1 atom stereocenters. The zero-order valence-electron chi connectivity index (χ0n) is 10.7. The third-order valence-electron chi connectivity index (χ3n) is 3.21. The number of hydrogen-bond donors (Lipinski definition) is 0. The van der Waals surface area contributed by atoms with Crippen molar-refractivity contribution >= 4 is 11.9 Å². The van der Waals surface area contributed by atoms with E-state index in [1.807, 2.05) is 6.92 Å². The van der Waals surface area contributed by atoms with Crippen LogP contribution >= 0.6 is 0 Å². The summed E-state index contributed by atoms with van der Waals surface area (Å²) in [5.74, 6) is -0.822. The highest BCUT2D eigenvalue weighted by atomic mass is 16.6. The largest absolute Gasteiger partial charge is 0.465 e. The van der Waals surface area contributed by atoms with Crippen molar-refractivity contribution in [2.75, 3.05) is 13.2 Å². The van der Waals surface area contributed by atoms with Gasteiger partial charge in [0.2, 0.25) is 0 Å². The first-order chi connectivity index (χ1) is 7.97. The standard InChI is InChI=1S/C13H20O4/c1-5-16-11(14)13(12(15)17-6-2)7-9(3)10(4)8-13/h10H,3,5-8H2,1-2,4H3/t10-/m1/s1. The van der Waals surface area contributed by atoms with Gasteiger partial charge in [-0.3, -0.25) is 9.59 Å². The summed E-state index contributed by atoms with van der Waals surface area (Å²) in [6.45, 7) is 9.84. The Morgan fingerprint density at radius 3 is 2.06 bits per heavy atom. The van der Waals surface area contributed by atoms with Gasteiger partial charge in [0.1, 0.15) is 0 Å². The molecule has 0 aromatic heterocycles. The number of carbonyl (C=O) groups is 2. The van der Waals surface area contributed by atoms with E-state index >= 15 is 0 Å². The van der Waals surface area contributed by atoms with Gasteiger partial charge in [-0.25, -0.2) is 0 Å². The van der Waals surface area contributed by atoms with Crippen molar-refractivity contribution in [2.45, 2.75) is 33.6 Å². The van der Waals surface area contributed by atoms with Gasteiger partial charge in [0.15, 0.2) is 5.41 Å². The lowest BCUT2D eigenvalue weighted by atomic mass is 9.85. The van der Waals surface area contributed by atoms with Crippen molar-refractivity contribution in [3.63, 3.8) is 0 Å². The van der Waals surface area contributed by atoms with Crippen molar-refractivity contribution in [1.82, 2.24) is 0 Å². The first kappa shape index (κ1) is 13.7. The molecule has 0 N–H and O–H groups in total. The molecule has 1 fully saturated rings. The maximum absolute atomic E-state index is 12.0. The van der Waals surface area contributed by atoms with Crippen LogP contribution in [0.5, 0.6) is 0 Å². The van der Waals surface area contributed by atoms with Gasteiger partial charge in [-0.15, -0.1) is 0 Å². The summed E-state index contributed by atoms with van der Waals surface area (Å²) in [5, 5.41) is 0. The number of allylic oxidation sites excluding steroid dienone is 1. The predicted molar refractivity (Wildman–Crippen MR) is 63.2 cm³/mol. The SMILES string of the molecule is C=C1CC(C(=O)OCC)(C(=O)OCC)C[C@H]1C. The number of hydrogen-bond acceptors (Lipinski definition) is 4. The molecule has 1 saturated carbocycles. The van der Waals surface area contributed by atoms with Gasteiger partial charge in [-0.2, -0.15) is 0 Å². The molecule has 0 amide bonds. The fourth-order valence-electron chi connectivity index (χ4n) is 2.23. The lowest BCUT2D eigenvalue weighted by Crippen LogP contribution is -2.40. The molecule has 1 aliphatic rings. The molecule has 0 aromatic rings. The Labute approximate surface area is 102 Å². The summed E-state index contributed by atoms with van der Waals surface area (Å²) in [6, 6.07) is 0. The molecule has 17 heavy (non-hydrogen) atoms. The normalized spacial score (nSPS) is 22.3. The fourth-order valence-corrected chi connectivity index (χ4v) is 2.23. The van der Waals surface area contributed by atoms with Crippen LogP contribution in [-0.2, 0) is 19.1 Å². The molecule has 1 aliphatic carbocycles. The first-order valence-electron chi connectivity index (χ1n) is 6.00. The Bertz CT molecular complexity index is 314. The predicted octanol–water partition coefficient (Wildman–Crippen LogP) is 2.09. The molecule has 1 rings (SSSR count). The van der Waals surface area contributed by atoms with Crippen molar-refractivity contribution in [2.24, 2.45) is 11.3 Å². The average Bonchev–Trinajstić information content (AvgIpc) is 2.57. The van der Waals surface area contributed by atoms with Gasteiger partial charge in [0, 0.05) is 0 Å². The zero-order chi connectivity index (χ0) is 13.1. The van der Waals surface area contributed by atoms with Crippen LogP contribution in [0.2, 0.25) is 0 Å². The molecule has 0 unspecified atom stereocenters. The van der Waals surface area contributed by atoms with Crippen LogP contribution in [0.25, 0.3) is 0 Å². The maximum atomic E-state index is 12.0. The minimum Gasteiger partial charge on any atom is -0.465 e. The molecule has 0 bridgehead atoms. The number of ether oxygens (including phenoxy) is 2. The minimum absolute atomic E-state index is 0.142. The van der Waals surface area contributed by atoms with Crippen LogP contribution in [-0.4, -0.2) is 25.2 Å². The van der Waals surface area contributed by atoms with E-state index in [1.165, 1.54) is 0 Å². The van der Waals surface area contributed by atoms with E-state index in [0.29, 0.717) is 12.8 Å². The second kappa shape index (κ2) is 5.34. The smallest absolute Gasteiger partial charge is 0.323 e. The summed E-state index contributed by atoms with van der Waals surface area (Å²) in [5.41, 5.74) is -0.256. The number of carbonyl (C=O) groups excluding carboxylic acids is 2. The molecule has 0 radical (unpaired) electrons. The Morgan fingerprint density at radius 1 is 1.29 bits per heavy atom. The molecule has 0 heterocycles. The van der Waals surface area contributed by atoms with E-state index in [4.69, 9.17) is 9.47 Å².